The van der Waals surface area contributed by atoms with Crippen molar-refractivity contribution >= 4 is 27.5 Å². The summed E-state index contributed by atoms with van der Waals surface area (Å²) in [6.07, 6.45) is 3.26. The molecule has 1 aliphatic carbocycles. The highest BCUT2D eigenvalue weighted by Crippen LogP contribution is 2.38. The lowest BCUT2D eigenvalue weighted by atomic mass is 9.87. The summed E-state index contributed by atoms with van der Waals surface area (Å²) in [5, 5.41) is 12.1. The Labute approximate surface area is 115 Å². The van der Waals surface area contributed by atoms with E-state index in [1.165, 1.54) is 0 Å². The first kappa shape index (κ1) is 13.1. The van der Waals surface area contributed by atoms with Crippen molar-refractivity contribution in [1.82, 2.24) is 0 Å². The maximum absolute atomic E-state index is 12.2. The Balaban J connectivity index is 2.16. The molecule has 1 N–H and O–H groups in total. The van der Waals surface area contributed by atoms with Gasteiger partial charge in [-0.2, -0.15) is 5.26 Å². The van der Waals surface area contributed by atoms with Gasteiger partial charge in [-0.05, 0) is 43.5 Å². The van der Waals surface area contributed by atoms with Gasteiger partial charge in [0.2, 0.25) is 5.91 Å². The highest BCUT2D eigenvalue weighted by molar-refractivity contribution is 9.10. The first-order valence-electron chi connectivity index (χ1n) is 6.06. The molecule has 0 heterocycles. The summed E-state index contributed by atoms with van der Waals surface area (Å²) in [6, 6.07) is 7.85. The standard InChI is InChI=1S/C14H15BrN2O/c1-10-8-11(4-5-12(10)15)17-13(18)14(9-16)6-2-3-7-14/h4-5,8H,2-3,6-7H2,1H3,(H,17,18). The van der Waals surface area contributed by atoms with Crippen LogP contribution in [0.25, 0.3) is 0 Å². The summed E-state index contributed by atoms with van der Waals surface area (Å²) >= 11 is 3.42. The monoisotopic (exact) mass is 306 g/mol. The zero-order valence-electron chi connectivity index (χ0n) is 10.3. The lowest BCUT2D eigenvalue weighted by Crippen LogP contribution is -2.32. The molecule has 0 spiro atoms. The maximum atomic E-state index is 12.2. The van der Waals surface area contributed by atoms with Crippen molar-refractivity contribution in [2.24, 2.45) is 5.41 Å². The SMILES string of the molecule is Cc1cc(NC(=O)C2(C#N)CCCC2)ccc1Br. The normalized spacial score (nSPS) is 17.2. The third kappa shape index (κ3) is 2.41. The van der Waals surface area contributed by atoms with E-state index in [1.54, 1.807) is 0 Å². The van der Waals surface area contributed by atoms with Crippen molar-refractivity contribution in [3.63, 3.8) is 0 Å². The van der Waals surface area contributed by atoms with Gasteiger partial charge in [0.05, 0.1) is 6.07 Å². The summed E-state index contributed by atoms with van der Waals surface area (Å²) < 4.78 is 1.01. The van der Waals surface area contributed by atoms with Gasteiger partial charge in [0.1, 0.15) is 5.41 Å². The number of carbonyl (C=O) groups excluding carboxylic acids is 1. The second-order valence-corrected chi connectivity index (χ2v) is 5.67. The van der Waals surface area contributed by atoms with Crippen molar-refractivity contribution in [2.75, 3.05) is 5.32 Å². The first-order chi connectivity index (χ1) is 8.57. The van der Waals surface area contributed by atoms with Crippen molar-refractivity contribution in [1.29, 1.82) is 5.26 Å². The van der Waals surface area contributed by atoms with Crippen LogP contribution in [0.2, 0.25) is 0 Å². The molecule has 1 aliphatic rings. The predicted octanol–water partition coefficient (Wildman–Crippen LogP) is 3.78. The van der Waals surface area contributed by atoms with Crippen LogP contribution in [0.4, 0.5) is 5.69 Å². The third-order valence-corrected chi connectivity index (χ3v) is 4.41. The summed E-state index contributed by atoms with van der Waals surface area (Å²) in [4.78, 5) is 12.2. The number of halogens is 1. The number of nitrogens with zero attached hydrogens (tertiary/aromatic N) is 1. The smallest absolute Gasteiger partial charge is 0.244 e. The summed E-state index contributed by atoms with van der Waals surface area (Å²) in [5.41, 5.74) is 0.994. The predicted molar refractivity (Wildman–Crippen MR) is 74.0 cm³/mol. The minimum absolute atomic E-state index is 0.163. The van der Waals surface area contributed by atoms with E-state index in [1.807, 2.05) is 25.1 Å². The van der Waals surface area contributed by atoms with Crippen molar-refractivity contribution in [3.05, 3.63) is 28.2 Å². The van der Waals surface area contributed by atoms with Crippen LogP contribution in [-0.4, -0.2) is 5.91 Å². The number of anilines is 1. The molecule has 1 aromatic rings. The zero-order chi connectivity index (χ0) is 13.2. The molecule has 1 fully saturated rings. The Morgan fingerprint density at radius 3 is 2.67 bits per heavy atom. The number of amides is 1. The Morgan fingerprint density at radius 1 is 1.44 bits per heavy atom. The fourth-order valence-corrected chi connectivity index (χ4v) is 2.59. The van der Waals surface area contributed by atoms with Gasteiger partial charge < -0.3 is 5.32 Å². The molecular formula is C14H15BrN2O. The molecule has 1 saturated carbocycles. The minimum atomic E-state index is -0.818. The fourth-order valence-electron chi connectivity index (χ4n) is 2.34. The van der Waals surface area contributed by atoms with E-state index in [0.717, 1.165) is 28.6 Å². The average Bonchev–Trinajstić information content (AvgIpc) is 2.84. The number of carbonyl (C=O) groups is 1. The molecule has 0 unspecified atom stereocenters. The van der Waals surface area contributed by atoms with Crippen LogP contribution in [0.5, 0.6) is 0 Å². The fraction of sp³-hybridized carbons (Fsp3) is 0.429. The van der Waals surface area contributed by atoms with Crippen molar-refractivity contribution in [3.8, 4) is 6.07 Å². The second-order valence-electron chi connectivity index (χ2n) is 4.82. The van der Waals surface area contributed by atoms with Gasteiger partial charge in [-0.1, -0.05) is 28.8 Å². The molecular weight excluding hydrogens is 292 g/mol. The average molecular weight is 307 g/mol. The molecule has 1 aromatic carbocycles. The number of nitrogens with one attached hydrogen (secondary N) is 1. The molecule has 0 radical (unpaired) electrons. The number of hydrogen-bond donors (Lipinski definition) is 1. The molecule has 1 amide bonds. The number of nitriles is 1. The molecule has 18 heavy (non-hydrogen) atoms. The molecule has 94 valence electrons. The molecule has 0 atom stereocenters. The van der Waals surface area contributed by atoms with Gasteiger partial charge in [0.25, 0.3) is 0 Å². The van der Waals surface area contributed by atoms with Gasteiger partial charge in [-0.25, -0.2) is 0 Å². The number of benzene rings is 1. The maximum Gasteiger partial charge on any atom is 0.244 e. The zero-order valence-corrected chi connectivity index (χ0v) is 11.9. The molecule has 0 bridgehead atoms. The number of hydrogen-bond acceptors (Lipinski definition) is 2. The third-order valence-electron chi connectivity index (χ3n) is 3.52. The quantitative estimate of drug-likeness (QED) is 0.904. The van der Waals surface area contributed by atoms with E-state index in [2.05, 4.69) is 27.3 Å². The first-order valence-corrected chi connectivity index (χ1v) is 6.85. The molecule has 0 saturated heterocycles. The minimum Gasteiger partial charge on any atom is -0.325 e. The lowest BCUT2D eigenvalue weighted by molar-refractivity contribution is -0.122. The summed E-state index contributed by atoms with van der Waals surface area (Å²) in [5.74, 6) is -0.163. The van der Waals surface area contributed by atoms with E-state index in [4.69, 9.17) is 0 Å². The molecule has 0 aliphatic heterocycles. The van der Waals surface area contributed by atoms with E-state index >= 15 is 0 Å². The molecule has 2 rings (SSSR count). The lowest BCUT2D eigenvalue weighted by Gasteiger charge is -2.19. The van der Waals surface area contributed by atoms with E-state index in [-0.39, 0.29) is 5.91 Å². The van der Waals surface area contributed by atoms with Gasteiger partial charge >= 0.3 is 0 Å². The molecule has 0 aromatic heterocycles. The molecule has 4 heteroatoms. The van der Waals surface area contributed by atoms with Gasteiger partial charge in [0.15, 0.2) is 0 Å². The van der Waals surface area contributed by atoms with E-state index in [0.29, 0.717) is 12.8 Å². The van der Waals surface area contributed by atoms with Gasteiger partial charge in [0, 0.05) is 10.2 Å². The van der Waals surface area contributed by atoms with Crippen molar-refractivity contribution < 1.29 is 4.79 Å². The Morgan fingerprint density at radius 2 is 2.11 bits per heavy atom. The Kier molecular flexibility index (Phi) is 3.72. The van der Waals surface area contributed by atoms with E-state index < -0.39 is 5.41 Å². The highest BCUT2D eigenvalue weighted by Gasteiger charge is 2.41. The van der Waals surface area contributed by atoms with Gasteiger partial charge in [-0.15, -0.1) is 0 Å². The highest BCUT2D eigenvalue weighted by atomic mass is 79.9. The summed E-state index contributed by atoms with van der Waals surface area (Å²) in [7, 11) is 0. The number of aryl methyl sites for hydroxylation is 1. The van der Waals surface area contributed by atoms with Crippen LogP contribution in [-0.2, 0) is 4.79 Å². The van der Waals surface area contributed by atoms with Crippen LogP contribution in [0.3, 0.4) is 0 Å². The van der Waals surface area contributed by atoms with E-state index in [9.17, 15) is 10.1 Å². The Hall–Kier alpha value is -1.34. The Bertz CT molecular complexity index is 513. The van der Waals surface area contributed by atoms with Crippen LogP contribution in [0.1, 0.15) is 31.2 Å². The van der Waals surface area contributed by atoms with Crippen LogP contribution >= 0.6 is 15.9 Å². The summed E-state index contributed by atoms with van der Waals surface area (Å²) in [6.45, 7) is 1.97. The van der Waals surface area contributed by atoms with Crippen molar-refractivity contribution in [2.45, 2.75) is 32.6 Å². The second kappa shape index (κ2) is 5.11. The molecule has 3 nitrogen and oxygen atoms in total. The number of rotatable bonds is 2. The van der Waals surface area contributed by atoms with Crippen LogP contribution in [0, 0.1) is 23.7 Å². The van der Waals surface area contributed by atoms with Crippen LogP contribution < -0.4 is 5.32 Å². The topological polar surface area (TPSA) is 52.9 Å². The van der Waals surface area contributed by atoms with Gasteiger partial charge in [-0.3, -0.25) is 4.79 Å². The largest absolute Gasteiger partial charge is 0.325 e. The van der Waals surface area contributed by atoms with Crippen LogP contribution in [0.15, 0.2) is 22.7 Å².